The van der Waals surface area contributed by atoms with Crippen molar-refractivity contribution in [1.29, 1.82) is 0 Å². The second-order valence-corrected chi connectivity index (χ2v) is 8.58. The summed E-state index contributed by atoms with van der Waals surface area (Å²) < 4.78 is 0. The van der Waals surface area contributed by atoms with Crippen molar-refractivity contribution in [1.82, 2.24) is 0 Å². The molecule has 0 saturated heterocycles. The third-order valence-corrected chi connectivity index (χ3v) is 5.77. The molecule has 0 aliphatic carbocycles. The highest BCUT2D eigenvalue weighted by molar-refractivity contribution is 5.94. The van der Waals surface area contributed by atoms with Gasteiger partial charge in [-0.25, -0.2) is 4.79 Å². The minimum atomic E-state index is -0.979. The maximum absolute atomic E-state index is 12.1. The van der Waals surface area contributed by atoms with Crippen molar-refractivity contribution >= 4 is 17.6 Å². The molecule has 0 radical (unpaired) electrons. The number of anilines is 1. The fourth-order valence-electron chi connectivity index (χ4n) is 3.76. The summed E-state index contributed by atoms with van der Waals surface area (Å²) in [7, 11) is 0. The lowest BCUT2D eigenvalue weighted by molar-refractivity contribution is -0.116. The molecule has 0 saturated carbocycles. The fraction of sp³-hybridized carbons (Fsp3) is 0.692. The molecule has 1 aromatic carbocycles. The molecule has 0 spiro atoms. The van der Waals surface area contributed by atoms with Gasteiger partial charge in [0.2, 0.25) is 5.91 Å². The first-order valence-corrected chi connectivity index (χ1v) is 12.2. The van der Waals surface area contributed by atoms with E-state index in [2.05, 4.69) is 12.2 Å². The molecule has 0 aromatic heterocycles. The summed E-state index contributed by atoms with van der Waals surface area (Å²) in [5.41, 5.74) is 1.67. The number of carboxylic acids is 1. The van der Waals surface area contributed by atoms with Gasteiger partial charge in [-0.3, -0.25) is 4.79 Å². The predicted molar refractivity (Wildman–Crippen MR) is 126 cm³/mol. The minimum Gasteiger partial charge on any atom is -0.478 e. The number of hydrogen-bond donors (Lipinski definition) is 2. The van der Waals surface area contributed by atoms with E-state index in [1.807, 2.05) is 6.92 Å². The third-order valence-electron chi connectivity index (χ3n) is 5.77. The quantitative estimate of drug-likeness (QED) is 0.239. The first-order chi connectivity index (χ1) is 14.5. The minimum absolute atomic E-state index is 0.0321. The van der Waals surface area contributed by atoms with E-state index in [0.717, 1.165) is 18.4 Å². The molecule has 4 nitrogen and oxygen atoms in total. The molecule has 1 amide bonds. The van der Waals surface area contributed by atoms with Gasteiger partial charge in [-0.05, 0) is 31.0 Å². The number of aryl methyl sites for hydroxylation is 1. The molecular formula is C26H43NO3. The largest absolute Gasteiger partial charge is 0.478 e. The summed E-state index contributed by atoms with van der Waals surface area (Å²) in [6, 6.07) is 4.82. The highest BCUT2D eigenvalue weighted by Gasteiger charge is 2.09. The zero-order chi connectivity index (χ0) is 22.0. The van der Waals surface area contributed by atoms with Gasteiger partial charge in [0, 0.05) is 12.1 Å². The first-order valence-electron chi connectivity index (χ1n) is 12.2. The van der Waals surface area contributed by atoms with Gasteiger partial charge < -0.3 is 10.4 Å². The summed E-state index contributed by atoms with van der Waals surface area (Å²) in [6.07, 6.45) is 20.1. The van der Waals surface area contributed by atoms with Crippen LogP contribution >= 0.6 is 0 Å². The Labute approximate surface area is 183 Å². The molecule has 170 valence electrons. The number of hydrogen-bond acceptors (Lipinski definition) is 2. The van der Waals surface area contributed by atoms with E-state index in [0.29, 0.717) is 12.1 Å². The van der Waals surface area contributed by atoms with Crippen LogP contribution in [0.5, 0.6) is 0 Å². The van der Waals surface area contributed by atoms with Crippen molar-refractivity contribution in [2.24, 2.45) is 0 Å². The maximum Gasteiger partial charge on any atom is 0.335 e. The third kappa shape index (κ3) is 12.7. The van der Waals surface area contributed by atoms with E-state index >= 15 is 0 Å². The molecule has 0 bridgehead atoms. The molecule has 0 aliphatic heterocycles. The maximum atomic E-state index is 12.1. The van der Waals surface area contributed by atoms with Crippen molar-refractivity contribution in [3.8, 4) is 0 Å². The Morgan fingerprint density at radius 2 is 1.23 bits per heavy atom. The van der Waals surface area contributed by atoms with Crippen molar-refractivity contribution < 1.29 is 14.7 Å². The Hall–Kier alpha value is -1.84. The smallest absolute Gasteiger partial charge is 0.335 e. The van der Waals surface area contributed by atoms with Crippen LogP contribution in [-0.4, -0.2) is 17.0 Å². The van der Waals surface area contributed by atoms with Gasteiger partial charge in [0.15, 0.2) is 0 Å². The first kappa shape index (κ1) is 26.2. The van der Waals surface area contributed by atoms with Crippen LogP contribution in [0.15, 0.2) is 18.2 Å². The van der Waals surface area contributed by atoms with Crippen molar-refractivity contribution in [3.63, 3.8) is 0 Å². The number of rotatable bonds is 18. The lowest BCUT2D eigenvalue weighted by atomic mass is 10.0. The monoisotopic (exact) mass is 417 g/mol. The number of benzene rings is 1. The van der Waals surface area contributed by atoms with Crippen LogP contribution in [0.25, 0.3) is 0 Å². The van der Waals surface area contributed by atoms with E-state index in [4.69, 9.17) is 5.11 Å². The van der Waals surface area contributed by atoms with Gasteiger partial charge >= 0.3 is 5.97 Å². The summed E-state index contributed by atoms with van der Waals surface area (Å²) >= 11 is 0. The summed E-state index contributed by atoms with van der Waals surface area (Å²) in [5.74, 6) is -1.01. The highest BCUT2D eigenvalue weighted by Crippen LogP contribution is 2.18. The van der Waals surface area contributed by atoms with E-state index < -0.39 is 5.97 Å². The van der Waals surface area contributed by atoms with Gasteiger partial charge in [0.25, 0.3) is 0 Å². The van der Waals surface area contributed by atoms with Crippen molar-refractivity contribution in [2.45, 2.75) is 117 Å². The Balaban J connectivity index is 1.96. The molecule has 4 heteroatoms. The molecule has 0 heterocycles. The molecule has 0 unspecified atom stereocenters. The van der Waals surface area contributed by atoms with Crippen molar-refractivity contribution in [2.75, 3.05) is 5.32 Å². The number of carboxylic acid groups (broad SMARTS) is 1. The van der Waals surface area contributed by atoms with E-state index in [1.54, 1.807) is 12.1 Å². The molecule has 0 atom stereocenters. The number of carbonyl (C=O) groups excluding carboxylic acids is 1. The average molecular weight is 418 g/mol. The second kappa shape index (κ2) is 16.9. The number of amides is 1. The number of nitrogens with one attached hydrogen (secondary N) is 1. The average Bonchev–Trinajstić information content (AvgIpc) is 2.72. The van der Waals surface area contributed by atoms with Crippen molar-refractivity contribution in [3.05, 3.63) is 29.3 Å². The Morgan fingerprint density at radius 3 is 1.70 bits per heavy atom. The van der Waals surface area contributed by atoms with Crippen LogP contribution in [0.2, 0.25) is 0 Å². The van der Waals surface area contributed by atoms with Gasteiger partial charge in [-0.15, -0.1) is 0 Å². The second-order valence-electron chi connectivity index (χ2n) is 8.58. The fourth-order valence-corrected chi connectivity index (χ4v) is 3.76. The Kier molecular flexibility index (Phi) is 14.8. The number of unbranched alkanes of at least 4 members (excludes halogenated alkanes) is 14. The SMILES string of the molecule is CCCCCCCCCCCCCCCCCC(=O)Nc1cc(C(=O)O)ccc1C. The summed E-state index contributed by atoms with van der Waals surface area (Å²) in [4.78, 5) is 23.2. The molecule has 0 aliphatic rings. The van der Waals surface area contributed by atoms with Crippen LogP contribution < -0.4 is 5.32 Å². The molecule has 0 fully saturated rings. The highest BCUT2D eigenvalue weighted by atomic mass is 16.4. The zero-order valence-corrected chi connectivity index (χ0v) is 19.3. The molecule has 30 heavy (non-hydrogen) atoms. The Morgan fingerprint density at radius 1 is 0.767 bits per heavy atom. The standard InChI is InChI=1S/C26H43NO3/c1-3-4-5-6-7-8-9-10-11-12-13-14-15-16-17-18-25(28)27-24-21-23(26(29)30)20-19-22(24)2/h19-21H,3-18H2,1-2H3,(H,27,28)(H,29,30). The van der Waals surface area contributed by atoms with Crippen LogP contribution in [0.4, 0.5) is 5.69 Å². The predicted octanol–water partition coefficient (Wildman–Crippen LogP) is 7.89. The van der Waals surface area contributed by atoms with E-state index in [1.165, 1.54) is 89.5 Å². The zero-order valence-electron chi connectivity index (χ0n) is 19.3. The lowest BCUT2D eigenvalue weighted by Crippen LogP contribution is -2.12. The van der Waals surface area contributed by atoms with Gasteiger partial charge in [-0.1, -0.05) is 103 Å². The van der Waals surface area contributed by atoms with E-state index in [-0.39, 0.29) is 11.5 Å². The lowest BCUT2D eigenvalue weighted by Gasteiger charge is -2.09. The molecule has 2 N–H and O–H groups in total. The van der Waals surface area contributed by atoms with Crippen LogP contribution in [-0.2, 0) is 4.79 Å². The number of aromatic carboxylic acids is 1. The van der Waals surface area contributed by atoms with Crippen LogP contribution in [0.3, 0.4) is 0 Å². The summed E-state index contributed by atoms with van der Waals surface area (Å²) in [6.45, 7) is 4.14. The van der Waals surface area contributed by atoms with Gasteiger partial charge in [0.05, 0.1) is 5.56 Å². The van der Waals surface area contributed by atoms with E-state index in [9.17, 15) is 9.59 Å². The summed E-state index contributed by atoms with van der Waals surface area (Å²) in [5, 5.41) is 11.9. The Bertz CT molecular complexity index is 612. The number of carbonyl (C=O) groups is 2. The molecular weight excluding hydrogens is 374 g/mol. The topological polar surface area (TPSA) is 66.4 Å². The normalized spacial score (nSPS) is 10.9. The van der Waals surface area contributed by atoms with Crippen LogP contribution in [0, 0.1) is 6.92 Å². The van der Waals surface area contributed by atoms with Gasteiger partial charge in [0.1, 0.15) is 0 Å². The van der Waals surface area contributed by atoms with Gasteiger partial charge in [-0.2, -0.15) is 0 Å². The van der Waals surface area contributed by atoms with Crippen LogP contribution in [0.1, 0.15) is 126 Å². The molecule has 1 rings (SSSR count). The molecule has 1 aromatic rings.